The van der Waals surface area contributed by atoms with Crippen LogP contribution in [0.25, 0.3) is 0 Å². The summed E-state index contributed by atoms with van der Waals surface area (Å²) in [4.78, 5) is 5.09. The maximum absolute atomic E-state index is 4.05. The van der Waals surface area contributed by atoms with Crippen LogP contribution >= 0.6 is 24.0 Å². The molecule has 1 heterocycles. The van der Waals surface area contributed by atoms with Crippen molar-refractivity contribution in [1.82, 2.24) is 4.98 Å². The molecule has 0 saturated heterocycles. The van der Waals surface area contributed by atoms with Crippen LogP contribution in [-0.4, -0.2) is 4.98 Å². The summed E-state index contributed by atoms with van der Waals surface area (Å²) in [6.45, 7) is 0. The molecular weight excluding hydrogens is 126 g/mol. The van der Waals surface area contributed by atoms with Crippen LogP contribution in [0.5, 0.6) is 0 Å². The average Bonchev–Trinajstić information content (AvgIpc) is 2.14. The van der Waals surface area contributed by atoms with Gasteiger partial charge in [-0.25, -0.2) is 0 Å². The fraction of sp³-hybridized carbons (Fsp3) is 0.250. The lowest BCUT2D eigenvalue weighted by atomic mass is 10.6. The molecule has 3 heteroatoms. The Bertz CT molecular complexity index is 124. The zero-order chi connectivity index (χ0) is 5.11. The highest BCUT2D eigenvalue weighted by Crippen LogP contribution is 2.06. The molecule has 0 N–H and O–H groups in total. The van der Waals surface area contributed by atoms with Crippen molar-refractivity contribution < 1.29 is 0 Å². The van der Waals surface area contributed by atoms with Crippen molar-refractivity contribution in [3.05, 3.63) is 16.6 Å². The standard InChI is InChI=1S/C4H5NS2/c6-2-4-1-5-3-7-4/h1,3,6H,2H2. The molecule has 0 bridgehead atoms. The zero-order valence-electron chi connectivity index (χ0n) is 3.66. The first-order valence-electron chi connectivity index (χ1n) is 1.91. The van der Waals surface area contributed by atoms with Crippen LogP contribution in [0.15, 0.2) is 11.7 Å². The van der Waals surface area contributed by atoms with Gasteiger partial charge in [0.2, 0.25) is 0 Å². The van der Waals surface area contributed by atoms with Crippen molar-refractivity contribution in [1.29, 1.82) is 0 Å². The third-order valence-electron chi connectivity index (χ3n) is 0.639. The zero-order valence-corrected chi connectivity index (χ0v) is 5.38. The average molecular weight is 131 g/mol. The van der Waals surface area contributed by atoms with Gasteiger partial charge in [0.25, 0.3) is 0 Å². The third-order valence-corrected chi connectivity index (χ3v) is 1.97. The summed E-state index contributed by atoms with van der Waals surface area (Å²) in [7, 11) is 0. The van der Waals surface area contributed by atoms with Crippen LogP contribution in [0.1, 0.15) is 4.88 Å². The monoisotopic (exact) mass is 131 g/mol. The van der Waals surface area contributed by atoms with E-state index in [9.17, 15) is 0 Å². The van der Waals surface area contributed by atoms with E-state index in [4.69, 9.17) is 0 Å². The minimum Gasteiger partial charge on any atom is -0.253 e. The first-order chi connectivity index (χ1) is 3.43. The number of nitrogens with zero attached hydrogens (tertiary/aromatic N) is 1. The van der Waals surface area contributed by atoms with E-state index in [0.29, 0.717) is 0 Å². The molecule has 38 valence electrons. The molecule has 0 aliphatic heterocycles. The van der Waals surface area contributed by atoms with Gasteiger partial charge in [-0.05, 0) is 0 Å². The quantitative estimate of drug-likeness (QED) is 0.571. The second-order valence-electron chi connectivity index (χ2n) is 1.13. The van der Waals surface area contributed by atoms with Crippen molar-refractivity contribution in [2.45, 2.75) is 5.75 Å². The largest absolute Gasteiger partial charge is 0.253 e. The van der Waals surface area contributed by atoms with E-state index in [-0.39, 0.29) is 0 Å². The Morgan fingerprint density at radius 2 is 2.71 bits per heavy atom. The molecule has 0 saturated carbocycles. The summed E-state index contributed by atoms with van der Waals surface area (Å²) in [6, 6.07) is 0. The molecule has 0 unspecified atom stereocenters. The van der Waals surface area contributed by atoms with Crippen molar-refractivity contribution >= 4 is 24.0 Å². The van der Waals surface area contributed by atoms with E-state index in [0.717, 1.165) is 5.75 Å². The van der Waals surface area contributed by atoms with E-state index < -0.39 is 0 Å². The van der Waals surface area contributed by atoms with Gasteiger partial charge >= 0.3 is 0 Å². The maximum Gasteiger partial charge on any atom is 0.0794 e. The Hall–Kier alpha value is -0.0200. The highest BCUT2D eigenvalue weighted by Gasteiger charge is 1.84. The molecule has 0 fully saturated rings. The number of aromatic nitrogens is 1. The smallest absolute Gasteiger partial charge is 0.0794 e. The Morgan fingerprint density at radius 3 is 3.00 bits per heavy atom. The summed E-state index contributed by atoms with van der Waals surface area (Å²) in [5, 5.41) is 0. The highest BCUT2D eigenvalue weighted by molar-refractivity contribution is 7.79. The number of rotatable bonds is 1. The summed E-state index contributed by atoms with van der Waals surface area (Å²) in [6.07, 6.45) is 1.83. The van der Waals surface area contributed by atoms with Gasteiger partial charge in [-0.1, -0.05) is 0 Å². The van der Waals surface area contributed by atoms with Gasteiger partial charge in [-0.2, -0.15) is 12.6 Å². The van der Waals surface area contributed by atoms with E-state index in [1.165, 1.54) is 4.88 Å². The topological polar surface area (TPSA) is 12.9 Å². The van der Waals surface area contributed by atoms with Crippen molar-refractivity contribution in [2.75, 3.05) is 0 Å². The number of hydrogen-bond acceptors (Lipinski definition) is 3. The van der Waals surface area contributed by atoms with Gasteiger partial charge < -0.3 is 0 Å². The predicted molar refractivity (Wildman–Crippen MR) is 34.8 cm³/mol. The molecule has 1 nitrogen and oxygen atoms in total. The van der Waals surface area contributed by atoms with Gasteiger partial charge in [0, 0.05) is 16.8 Å². The van der Waals surface area contributed by atoms with Gasteiger partial charge in [0.1, 0.15) is 0 Å². The Morgan fingerprint density at radius 1 is 1.86 bits per heavy atom. The molecule has 7 heavy (non-hydrogen) atoms. The summed E-state index contributed by atoms with van der Waals surface area (Å²) in [5.74, 6) is 0.810. The summed E-state index contributed by atoms with van der Waals surface area (Å²) < 4.78 is 0. The van der Waals surface area contributed by atoms with Crippen LogP contribution in [0.2, 0.25) is 0 Å². The second kappa shape index (κ2) is 2.33. The van der Waals surface area contributed by atoms with Gasteiger partial charge in [0.15, 0.2) is 0 Å². The third kappa shape index (κ3) is 1.17. The van der Waals surface area contributed by atoms with E-state index in [1.54, 1.807) is 11.3 Å². The van der Waals surface area contributed by atoms with Crippen molar-refractivity contribution in [3.63, 3.8) is 0 Å². The maximum atomic E-state index is 4.05. The molecule has 1 aromatic heterocycles. The Kier molecular flexibility index (Phi) is 1.70. The molecule has 1 aromatic rings. The summed E-state index contributed by atoms with van der Waals surface area (Å²) >= 11 is 5.68. The Balaban J connectivity index is 2.76. The molecular formula is C4H5NS2. The van der Waals surface area contributed by atoms with Crippen LogP contribution in [0.3, 0.4) is 0 Å². The number of thiazole rings is 1. The van der Waals surface area contributed by atoms with Crippen LogP contribution in [0.4, 0.5) is 0 Å². The van der Waals surface area contributed by atoms with Crippen LogP contribution < -0.4 is 0 Å². The highest BCUT2D eigenvalue weighted by atomic mass is 32.1. The van der Waals surface area contributed by atoms with Gasteiger partial charge in [-0.15, -0.1) is 11.3 Å². The molecule has 0 aromatic carbocycles. The van der Waals surface area contributed by atoms with E-state index >= 15 is 0 Å². The van der Waals surface area contributed by atoms with Gasteiger partial charge in [0.05, 0.1) is 5.51 Å². The molecule has 0 spiro atoms. The normalized spacial score (nSPS) is 9.29. The summed E-state index contributed by atoms with van der Waals surface area (Å²) in [5.41, 5.74) is 1.81. The van der Waals surface area contributed by atoms with E-state index in [2.05, 4.69) is 17.6 Å². The van der Waals surface area contributed by atoms with Crippen LogP contribution in [0, 0.1) is 0 Å². The minimum atomic E-state index is 0.810. The Labute approximate surface area is 51.8 Å². The molecule has 0 amide bonds. The molecule has 0 atom stereocenters. The first-order valence-corrected chi connectivity index (χ1v) is 3.43. The van der Waals surface area contributed by atoms with Crippen LogP contribution in [-0.2, 0) is 5.75 Å². The molecule has 0 aliphatic rings. The lowest BCUT2D eigenvalue weighted by Gasteiger charge is -1.76. The number of hydrogen-bond donors (Lipinski definition) is 1. The fourth-order valence-electron chi connectivity index (χ4n) is 0.320. The molecule has 1 rings (SSSR count). The minimum absolute atomic E-state index is 0.810. The SMILES string of the molecule is SCc1cncs1. The lowest BCUT2D eigenvalue weighted by molar-refractivity contribution is 1.38. The number of thiol groups is 1. The van der Waals surface area contributed by atoms with Crippen molar-refractivity contribution in [3.8, 4) is 0 Å². The van der Waals surface area contributed by atoms with E-state index in [1.807, 2.05) is 11.7 Å². The van der Waals surface area contributed by atoms with Gasteiger partial charge in [-0.3, -0.25) is 4.98 Å². The second-order valence-corrected chi connectivity index (χ2v) is 2.41. The fourth-order valence-corrected chi connectivity index (χ4v) is 1.08. The molecule has 0 aliphatic carbocycles. The lowest BCUT2D eigenvalue weighted by Crippen LogP contribution is -1.60. The predicted octanol–water partition coefficient (Wildman–Crippen LogP) is 1.57. The van der Waals surface area contributed by atoms with Crippen molar-refractivity contribution in [2.24, 2.45) is 0 Å². The molecule has 0 radical (unpaired) electrons. The first kappa shape index (κ1) is 5.12.